The van der Waals surface area contributed by atoms with Crippen LogP contribution in [0, 0.1) is 0 Å². The molecule has 0 aromatic rings. The number of hydrogen-bond acceptors (Lipinski definition) is 5. The van der Waals surface area contributed by atoms with Crippen LogP contribution < -0.4 is 10.6 Å². The molecule has 0 radical (unpaired) electrons. The van der Waals surface area contributed by atoms with Crippen LogP contribution in [0.15, 0.2) is 0 Å². The van der Waals surface area contributed by atoms with Gasteiger partial charge in [-0.2, -0.15) is 0 Å². The first-order chi connectivity index (χ1) is 16.1. The monoisotopic (exact) mass is 526 g/mol. The Morgan fingerprint density at radius 2 is 1.41 bits per heavy atom. The molecule has 2 amide bonds. The molecule has 11 heteroatoms. The van der Waals surface area contributed by atoms with Crippen molar-refractivity contribution >= 4 is 35.0 Å². The van der Waals surface area contributed by atoms with E-state index < -0.39 is 40.3 Å². The lowest BCUT2D eigenvalue weighted by atomic mass is 9.88. The fraction of sp³-hybridized carbons (Fsp3) is 0.913. The Kier molecular flexibility index (Phi) is 8.29. The van der Waals surface area contributed by atoms with Crippen molar-refractivity contribution in [2.75, 3.05) is 13.2 Å². The van der Waals surface area contributed by atoms with Crippen LogP contribution in [0.4, 0.5) is 8.78 Å². The highest BCUT2D eigenvalue weighted by Crippen LogP contribution is 2.50. The second-order valence-electron chi connectivity index (χ2n) is 10.5. The maximum absolute atomic E-state index is 13.8. The number of carbonyl (C=O) groups excluding carboxylic acids is 2. The molecule has 0 heterocycles. The molecule has 0 aromatic heterocycles. The number of fused-ring (bicyclic) bond motifs is 2. The van der Waals surface area contributed by atoms with Gasteiger partial charge in [-0.25, -0.2) is 8.78 Å². The molecule has 0 aromatic carbocycles. The van der Waals surface area contributed by atoms with E-state index in [4.69, 9.17) is 32.7 Å². The lowest BCUT2D eigenvalue weighted by Crippen LogP contribution is -2.54. The van der Waals surface area contributed by atoms with Gasteiger partial charge in [0.05, 0.1) is 34.6 Å². The lowest BCUT2D eigenvalue weighted by molar-refractivity contribution is -0.132. The fourth-order valence-corrected chi connectivity index (χ4v) is 6.49. The van der Waals surface area contributed by atoms with Gasteiger partial charge in [-0.3, -0.25) is 9.59 Å². The van der Waals surface area contributed by atoms with Gasteiger partial charge in [0.2, 0.25) is 11.8 Å². The molecule has 7 nitrogen and oxygen atoms in total. The topological polar surface area (TPSA) is 96.9 Å². The summed E-state index contributed by atoms with van der Waals surface area (Å²) >= 11 is 11.8. The summed E-state index contributed by atoms with van der Waals surface area (Å²) in [4.78, 5) is 25.1. The summed E-state index contributed by atoms with van der Waals surface area (Å²) in [6, 6.07) is 0. The van der Waals surface area contributed by atoms with E-state index in [9.17, 15) is 23.5 Å². The molecule has 0 spiro atoms. The summed E-state index contributed by atoms with van der Waals surface area (Å²) < 4.78 is 38.8. The van der Waals surface area contributed by atoms with Crippen LogP contribution >= 0.6 is 23.2 Å². The zero-order valence-electron chi connectivity index (χ0n) is 19.1. The van der Waals surface area contributed by atoms with E-state index in [1.807, 2.05) is 0 Å². The smallest absolute Gasteiger partial charge is 0.246 e. The van der Waals surface area contributed by atoms with Crippen molar-refractivity contribution in [1.29, 1.82) is 0 Å². The number of ether oxygens (including phenoxy) is 2. The van der Waals surface area contributed by atoms with Gasteiger partial charge < -0.3 is 25.2 Å². The van der Waals surface area contributed by atoms with Gasteiger partial charge in [-0.15, -0.1) is 23.2 Å². The normalized spacial score (nSPS) is 44.1. The number of carbonyl (C=O) groups is 2. The van der Waals surface area contributed by atoms with E-state index in [2.05, 4.69) is 10.6 Å². The highest BCUT2D eigenvalue weighted by Gasteiger charge is 2.61. The largest absolute Gasteiger partial charge is 0.391 e. The van der Waals surface area contributed by atoms with Gasteiger partial charge in [0.25, 0.3) is 0 Å². The summed E-state index contributed by atoms with van der Waals surface area (Å²) in [6.07, 6.45) is 0.692. The highest BCUT2D eigenvalue weighted by molar-refractivity contribution is 6.21. The number of halogens is 4. The third-order valence-corrected chi connectivity index (χ3v) is 8.89. The van der Waals surface area contributed by atoms with Crippen LogP contribution in [0.25, 0.3) is 0 Å². The predicted octanol–water partition coefficient (Wildman–Crippen LogP) is 2.67. The molecule has 4 aliphatic rings. The minimum atomic E-state index is -1.14. The van der Waals surface area contributed by atoms with Gasteiger partial charge in [0, 0.05) is 18.4 Å². The van der Waals surface area contributed by atoms with E-state index in [-0.39, 0.29) is 50.1 Å². The van der Waals surface area contributed by atoms with Gasteiger partial charge in [0.1, 0.15) is 25.6 Å². The Morgan fingerprint density at radius 1 is 0.882 bits per heavy atom. The third-order valence-electron chi connectivity index (χ3n) is 7.91. The van der Waals surface area contributed by atoms with Crippen LogP contribution in [0.5, 0.6) is 0 Å². The predicted molar refractivity (Wildman–Crippen MR) is 122 cm³/mol. The number of amides is 2. The first kappa shape index (κ1) is 26.3. The molecule has 0 aliphatic heterocycles. The average molecular weight is 527 g/mol. The molecule has 194 valence electrons. The molecule has 0 saturated heterocycles. The Labute approximate surface area is 208 Å². The van der Waals surface area contributed by atoms with Crippen molar-refractivity contribution in [2.24, 2.45) is 0 Å². The van der Waals surface area contributed by atoms with Crippen molar-refractivity contribution in [3.8, 4) is 0 Å². The zero-order chi connectivity index (χ0) is 24.5. The lowest BCUT2D eigenvalue weighted by Gasteiger charge is -2.34. The quantitative estimate of drug-likeness (QED) is 0.422. The van der Waals surface area contributed by atoms with E-state index in [0.717, 1.165) is 0 Å². The molecular formula is C23H34Cl2F2N2O5. The molecular weight excluding hydrogens is 493 g/mol. The van der Waals surface area contributed by atoms with Crippen molar-refractivity contribution < 1.29 is 33.0 Å². The maximum atomic E-state index is 13.8. The van der Waals surface area contributed by atoms with Gasteiger partial charge >= 0.3 is 0 Å². The fourth-order valence-electron chi connectivity index (χ4n) is 6.04. The summed E-state index contributed by atoms with van der Waals surface area (Å²) in [7, 11) is 0. The molecule has 4 fully saturated rings. The molecule has 6 unspecified atom stereocenters. The number of rotatable bonds is 8. The number of aliphatic hydroxyl groups is 1. The van der Waals surface area contributed by atoms with Crippen molar-refractivity contribution in [1.82, 2.24) is 10.6 Å². The Bertz CT molecular complexity index is 767. The van der Waals surface area contributed by atoms with Crippen molar-refractivity contribution in [3.05, 3.63) is 0 Å². The number of nitrogens with one attached hydrogen (secondary N) is 2. The van der Waals surface area contributed by atoms with E-state index in [1.54, 1.807) is 0 Å². The average Bonchev–Trinajstić information content (AvgIpc) is 3.26. The zero-order valence-corrected chi connectivity index (χ0v) is 20.6. The van der Waals surface area contributed by atoms with Crippen LogP contribution in [-0.4, -0.2) is 82.6 Å². The molecule has 4 aliphatic carbocycles. The van der Waals surface area contributed by atoms with E-state index in [0.29, 0.717) is 51.4 Å². The van der Waals surface area contributed by atoms with Crippen LogP contribution in [-0.2, 0) is 19.1 Å². The standard InChI is InChI=1S/C23H34Cl2F2N2O5/c24-15-3-1-13(7-17(15)26)33-10-20(31)28-22-5-6-23(12-22,19(30)9-22)29-21(32)11-34-14-2-4-16(25)18(27)8-14/h13-19,30H,1-12H2,(H,28,31)(H,29,32)/t13?,14?,15?,16?,17?,18?,19-,22+,23+/m1/s1. The first-order valence-electron chi connectivity index (χ1n) is 12.2. The molecule has 9 atom stereocenters. The second-order valence-corrected chi connectivity index (χ2v) is 11.6. The van der Waals surface area contributed by atoms with Crippen LogP contribution in [0.1, 0.15) is 64.2 Å². The molecule has 3 N–H and O–H groups in total. The van der Waals surface area contributed by atoms with E-state index in [1.165, 1.54) is 0 Å². The highest BCUT2D eigenvalue weighted by atomic mass is 35.5. The maximum Gasteiger partial charge on any atom is 0.246 e. The van der Waals surface area contributed by atoms with Crippen LogP contribution in [0.3, 0.4) is 0 Å². The third kappa shape index (κ3) is 5.97. The van der Waals surface area contributed by atoms with Crippen LogP contribution in [0.2, 0.25) is 0 Å². The first-order valence-corrected chi connectivity index (χ1v) is 13.1. The van der Waals surface area contributed by atoms with Crippen molar-refractivity contribution in [3.63, 3.8) is 0 Å². The number of aliphatic hydroxyl groups excluding tert-OH is 1. The van der Waals surface area contributed by atoms with E-state index >= 15 is 0 Å². The Hall–Kier alpha value is -0.740. The minimum absolute atomic E-state index is 0.172. The summed E-state index contributed by atoms with van der Waals surface area (Å²) in [6.45, 7) is -0.401. The van der Waals surface area contributed by atoms with Gasteiger partial charge in [0.15, 0.2) is 0 Å². The SMILES string of the molecule is O=C(COC1CCC(Cl)C(F)C1)N[C@]12CC[C@](NC(=O)COC3CCC(Cl)C(F)C3)(C1)[C@H](O)C2. The summed E-state index contributed by atoms with van der Waals surface area (Å²) in [5, 5.41) is 15.6. The Balaban J connectivity index is 1.22. The molecule has 34 heavy (non-hydrogen) atoms. The van der Waals surface area contributed by atoms with Gasteiger partial charge in [-0.1, -0.05) is 0 Å². The number of alkyl halides is 4. The molecule has 4 saturated carbocycles. The second kappa shape index (κ2) is 10.7. The molecule has 2 bridgehead atoms. The van der Waals surface area contributed by atoms with Crippen molar-refractivity contribution in [2.45, 2.75) is 117 Å². The van der Waals surface area contributed by atoms with Gasteiger partial charge in [-0.05, 0) is 51.4 Å². The summed E-state index contributed by atoms with van der Waals surface area (Å²) in [5.74, 6) is -0.691. The molecule has 4 rings (SSSR count). The minimum Gasteiger partial charge on any atom is -0.391 e. The number of hydrogen-bond donors (Lipinski definition) is 3. The summed E-state index contributed by atoms with van der Waals surface area (Å²) in [5.41, 5.74) is -1.45. The Morgan fingerprint density at radius 3 is 1.91 bits per heavy atom.